The van der Waals surface area contributed by atoms with Crippen molar-refractivity contribution in [1.29, 1.82) is 0 Å². The Morgan fingerprint density at radius 2 is 2.16 bits per heavy atom. The van der Waals surface area contributed by atoms with E-state index in [0.29, 0.717) is 12.1 Å². The van der Waals surface area contributed by atoms with E-state index in [2.05, 4.69) is 40.9 Å². The quantitative estimate of drug-likeness (QED) is 0.831. The minimum Gasteiger partial charge on any atom is -0.314 e. The Morgan fingerprint density at radius 3 is 2.89 bits per heavy atom. The third-order valence-corrected chi connectivity index (χ3v) is 4.13. The second kappa shape index (κ2) is 7.04. The van der Waals surface area contributed by atoms with Gasteiger partial charge in [-0.1, -0.05) is 19.8 Å². The summed E-state index contributed by atoms with van der Waals surface area (Å²) in [5.41, 5.74) is 0. The van der Waals surface area contributed by atoms with Gasteiger partial charge in [0.1, 0.15) is 12.2 Å². The average molecular weight is 264 g/mol. The number of nitrogens with one attached hydrogen (secondary N) is 1. The van der Waals surface area contributed by atoms with Crippen LogP contribution in [0.25, 0.3) is 0 Å². The maximum Gasteiger partial charge on any atom is 0.138 e. The molecule has 0 spiro atoms. The van der Waals surface area contributed by atoms with Gasteiger partial charge in [-0.15, -0.1) is 0 Å². The largest absolute Gasteiger partial charge is 0.314 e. The van der Waals surface area contributed by atoms with Gasteiger partial charge in [0.2, 0.25) is 0 Å². The lowest BCUT2D eigenvalue weighted by molar-refractivity contribution is 0.373. The van der Waals surface area contributed by atoms with E-state index < -0.39 is 0 Å². The minimum absolute atomic E-state index is 0.410. The van der Waals surface area contributed by atoms with Gasteiger partial charge in [-0.25, -0.2) is 9.67 Å². The van der Waals surface area contributed by atoms with E-state index >= 15 is 0 Å². The van der Waals surface area contributed by atoms with E-state index in [1.54, 1.807) is 6.33 Å². The summed E-state index contributed by atoms with van der Waals surface area (Å²) in [6, 6.07) is 1.11. The van der Waals surface area contributed by atoms with Crippen LogP contribution in [0.2, 0.25) is 0 Å². The van der Waals surface area contributed by atoms with E-state index in [-0.39, 0.29) is 0 Å². The predicted molar refractivity (Wildman–Crippen MR) is 78.2 cm³/mol. The summed E-state index contributed by atoms with van der Waals surface area (Å²) in [5.74, 6) is 1.92. The molecule has 0 amide bonds. The summed E-state index contributed by atoms with van der Waals surface area (Å²) >= 11 is 0. The molecule has 2 rings (SSSR count). The monoisotopic (exact) mass is 264 g/mol. The summed E-state index contributed by atoms with van der Waals surface area (Å²) in [5, 5.41) is 7.98. The lowest BCUT2D eigenvalue weighted by Crippen LogP contribution is -2.30. The molecule has 1 aromatic rings. The van der Waals surface area contributed by atoms with Gasteiger partial charge in [-0.3, -0.25) is 0 Å². The number of hydrogen-bond donors (Lipinski definition) is 1. The van der Waals surface area contributed by atoms with Gasteiger partial charge in [0, 0.05) is 18.5 Å². The standard InChI is InChI=1S/C15H28N4/c1-4-16-14-8-6-5-7-13(9-14)10-15-17-11-18-19(15)12(2)3/h11-14,16H,4-10H2,1-3H3. The van der Waals surface area contributed by atoms with Gasteiger partial charge < -0.3 is 5.32 Å². The molecule has 0 saturated heterocycles. The second-order valence-corrected chi connectivity index (χ2v) is 6.06. The first-order valence-electron chi connectivity index (χ1n) is 7.82. The van der Waals surface area contributed by atoms with Crippen LogP contribution in [0.5, 0.6) is 0 Å². The fourth-order valence-corrected chi connectivity index (χ4v) is 3.23. The topological polar surface area (TPSA) is 42.7 Å². The Balaban J connectivity index is 1.98. The van der Waals surface area contributed by atoms with Gasteiger partial charge in [-0.2, -0.15) is 5.10 Å². The van der Waals surface area contributed by atoms with Crippen molar-refractivity contribution in [2.24, 2.45) is 5.92 Å². The predicted octanol–water partition coefficient (Wildman–Crippen LogP) is 2.96. The zero-order valence-electron chi connectivity index (χ0n) is 12.6. The Labute approximate surface area is 117 Å². The van der Waals surface area contributed by atoms with Gasteiger partial charge >= 0.3 is 0 Å². The first-order chi connectivity index (χ1) is 9.20. The number of nitrogens with zero attached hydrogens (tertiary/aromatic N) is 3. The first kappa shape index (κ1) is 14.5. The number of aromatic nitrogens is 3. The minimum atomic E-state index is 0.410. The fourth-order valence-electron chi connectivity index (χ4n) is 3.23. The van der Waals surface area contributed by atoms with E-state index in [1.807, 2.05) is 0 Å². The van der Waals surface area contributed by atoms with Crippen molar-refractivity contribution in [3.8, 4) is 0 Å². The SMILES string of the molecule is CCNC1CCCCC(Cc2ncnn2C(C)C)C1. The Morgan fingerprint density at radius 1 is 1.37 bits per heavy atom. The number of hydrogen-bond acceptors (Lipinski definition) is 3. The number of rotatable bonds is 5. The molecule has 4 heteroatoms. The summed E-state index contributed by atoms with van der Waals surface area (Å²) < 4.78 is 2.08. The molecule has 1 heterocycles. The molecule has 4 nitrogen and oxygen atoms in total. The smallest absolute Gasteiger partial charge is 0.138 e. The fraction of sp³-hybridized carbons (Fsp3) is 0.867. The van der Waals surface area contributed by atoms with Crippen molar-refractivity contribution in [1.82, 2.24) is 20.1 Å². The average Bonchev–Trinajstić information content (AvgIpc) is 2.71. The molecule has 1 aromatic heterocycles. The van der Waals surface area contributed by atoms with Crippen molar-refractivity contribution in [3.05, 3.63) is 12.2 Å². The maximum atomic E-state index is 4.46. The Kier molecular flexibility index (Phi) is 5.37. The van der Waals surface area contributed by atoms with Crippen molar-refractivity contribution >= 4 is 0 Å². The lowest BCUT2D eigenvalue weighted by atomic mass is 9.94. The van der Waals surface area contributed by atoms with E-state index in [4.69, 9.17) is 0 Å². The maximum absolute atomic E-state index is 4.46. The van der Waals surface area contributed by atoms with E-state index in [9.17, 15) is 0 Å². The summed E-state index contributed by atoms with van der Waals surface area (Å²) in [6.45, 7) is 7.63. The second-order valence-electron chi connectivity index (χ2n) is 6.06. The third-order valence-electron chi connectivity index (χ3n) is 4.13. The Hall–Kier alpha value is -0.900. The van der Waals surface area contributed by atoms with Crippen LogP contribution in [0, 0.1) is 5.92 Å². The summed E-state index contributed by atoms with van der Waals surface area (Å²) in [7, 11) is 0. The summed E-state index contributed by atoms with van der Waals surface area (Å²) in [4.78, 5) is 4.46. The van der Waals surface area contributed by atoms with Crippen molar-refractivity contribution < 1.29 is 0 Å². The molecule has 0 aliphatic heterocycles. The normalized spacial score (nSPS) is 24.6. The molecule has 1 saturated carbocycles. The van der Waals surface area contributed by atoms with Crippen LogP contribution in [-0.4, -0.2) is 27.4 Å². The molecular weight excluding hydrogens is 236 g/mol. The van der Waals surface area contributed by atoms with Gasteiger partial charge in [0.25, 0.3) is 0 Å². The zero-order chi connectivity index (χ0) is 13.7. The van der Waals surface area contributed by atoms with E-state index in [0.717, 1.165) is 24.7 Å². The van der Waals surface area contributed by atoms with Gasteiger partial charge in [0.05, 0.1) is 0 Å². The molecule has 108 valence electrons. The van der Waals surface area contributed by atoms with Crippen LogP contribution in [0.15, 0.2) is 6.33 Å². The zero-order valence-corrected chi connectivity index (χ0v) is 12.6. The van der Waals surface area contributed by atoms with Crippen molar-refractivity contribution in [2.45, 2.75) is 71.4 Å². The Bertz CT molecular complexity index is 372. The molecule has 1 fully saturated rings. The lowest BCUT2D eigenvalue weighted by Gasteiger charge is -2.21. The molecule has 0 radical (unpaired) electrons. The molecule has 1 aliphatic rings. The molecular formula is C15H28N4. The van der Waals surface area contributed by atoms with Gasteiger partial charge in [0.15, 0.2) is 0 Å². The van der Waals surface area contributed by atoms with Crippen LogP contribution in [0.1, 0.15) is 64.7 Å². The van der Waals surface area contributed by atoms with Crippen LogP contribution in [0.3, 0.4) is 0 Å². The molecule has 2 atom stereocenters. The molecule has 0 bridgehead atoms. The van der Waals surface area contributed by atoms with Gasteiger partial charge in [-0.05, 0) is 45.6 Å². The van der Waals surface area contributed by atoms with Crippen LogP contribution in [0.4, 0.5) is 0 Å². The van der Waals surface area contributed by atoms with Crippen LogP contribution < -0.4 is 5.32 Å². The molecule has 2 unspecified atom stereocenters. The van der Waals surface area contributed by atoms with Crippen molar-refractivity contribution in [3.63, 3.8) is 0 Å². The van der Waals surface area contributed by atoms with E-state index in [1.165, 1.54) is 32.1 Å². The highest BCUT2D eigenvalue weighted by Crippen LogP contribution is 2.26. The highest BCUT2D eigenvalue weighted by atomic mass is 15.3. The van der Waals surface area contributed by atoms with Crippen LogP contribution in [-0.2, 0) is 6.42 Å². The summed E-state index contributed by atoms with van der Waals surface area (Å²) in [6.07, 6.45) is 9.48. The first-order valence-corrected chi connectivity index (χ1v) is 7.82. The molecule has 1 aliphatic carbocycles. The van der Waals surface area contributed by atoms with Crippen LogP contribution >= 0.6 is 0 Å². The molecule has 1 N–H and O–H groups in total. The third kappa shape index (κ3) is 4.03. The molecule has 19 heavy (non-hydrogen) atoms. The molecule has 0 aromatic carbocycles. The highest BCUT2D eigenvalue weighted by Gasteiger charge is 2.22. The van der Waals surface area contributed by atoms with Crippen molar-refractivity contribution in [2.75, 3.05) is 6.54 Å². The highest BCUT2D eigenvalue weighted by molar-refractivity contribution is 4.91.